The predicted molar refractivity (Wildman–Crippen MR) is 97.9 cm³/mol. The zero-order valence-corrected chi connectivity index (χ0v) is 14.9. The third-order valence-electron chi connectivity index (χ3n) is 4.68. The van der Waals surface area contributed by atoms with Crippen molar-refractivity contribution >= 4 is 21.4 Å². The summed E-state index contributed by atoms with van der Waals surface area (Å²) in [5.74, 6) is 0.605. The maximum atomic E-state index is 12.7. The van der Waals surface area contributed by atoms with Crippen LogP contribution in [0.2, 0.25) is 0 Å². The molecule has 2 aliphatic heterocycles. The first-order valence-electron chi connectivity index (χ1n) is 8.36. The average Bonchev–Trinajstić information content (AvgIpc) is 2.61. The molecule has 2 aliphatic rings. The molecule has 25 heavy (non-hydrogen) atoms. The molecule has 0 atom stereocenters. The standard InChI is InChI=1S/C18H21N3O3S/c1-21-8-9-24-18-11-16(4-5-17(18)21)25(22,23)20-15-3-2-14-12-19-7-6-13(14)10-15/h2-5,10-11,19-20H,6-9,12H2,1H3. The highest BCUT2D eigenvalue weighted by molar-refractivity contribution is 7.92. The molecule has 2 aromatic rings. The van der Waals surface area contributed by atoms with E-state index in [1.54, 1.807) is 18.2 Å². The van der Waals surface area contributed by atoms with E-state index in [1.807, 2.05) is 25.2 Å². The van der Waals surface area contributed by atoms with Gasteiger partial charge in [-0.1, -0.05) is 6.07 Å². The highest BCUT2D eigenvalue weighted by Gasteiger charge is 2.21. The van der Waals surface area contributed by atoms with Gasteiger partial charge in [0, 0.05) is 25.3 Å². The summed E-state index contributed by atoms with van der Waals surface area (Å²) in [7, 11) is -1.69. The molecule has 132 valence electrons. The van der Waals surface area contributed by atoms with Crippen LogP contribution < -0.4 is 19.7 Å². The van der Waals surface area contributed by atoms with Crippen LogP contribution in [0.5, 0.6) is 5.75 Å². The lowest BCUT2D eigenvalue weighted by Crippen LogP contribution is -2.29. The zero-order chi connectivity index (χ0) is 17.4. The molecule has 0 saturated heterocycles. The van der Waals surface area contributed by atoms with Crippen molar-refractivity contribution in [3.63, 3.8) is 0 Å². The number of likely N-dealkylation sites (N-methyl/N-ethyl adjacent to an activating group) is 1. The molecule has 2 heterocycles. The summed E-state index contributed by atoms with van der Waals surface area (Å²) in [6.07, 6.45) is 0.907. The molecule has 0 fully saturated rings. The van der Waals surface area contributed by atoms with E-state index >= 15 is 0 Å². The molecule has 2 aromatic carbocycles. The van der Waals surface area contributed by atoms with E-state index in [2.05, 4.69) is 14.9 Å². The first-order chi connectivity index (χ1) is 12.0. The van der Waals surface area contributed by atoms with Crippen molar-refractivity contribution in [1.82, 2.24) is 5.32 Å². The molecular formula is C18H21N3O3S. The molecule has 0 spiro atoms. The molecule has 0 radical (unpaired) electrons. The van der Waals surface area contributed by atoms with Crippen molar-refractivity contribution in [3.05, 3.63) is 47.5 Å². The normalized spacial score (nSPS) is 16.6. The molecule has 4 rings (SSSR count). The lowest BCUT2D eigenvalue weighted by atomic mass is 10.0. The first kappa shape index (κ1) is 16.2. The van der Waals surface area contributed by atoms with E-state index in [1.165, 1.54) is 11.1 Å². The van der Waals surface area contributed by atoms with Crippen LogP contribution in [0, 0.1) is 0 Å². The monoisotopic (exact) mass is 359 g/mol. The van der Waals surface area contributed by atoms with Gasteiger partial charge >= 0.3 is 0 Å². The highest BCUT2D eigenvalue weighted by atomic mass is 32.2. The number of sulfonamides is 1. The summed E-state index contributed by atoms with van der Waals surface area (Å²) in [5, 5.41) is 3.31. The quantitative estimate of drug-likeness (QED) is 0.877. The van der Waals surface area contributed by atoms with Crippen molar-refractivity contribution in [1.29, 1.82) is 0 Å². The molecule has 0 aromatic heterocycles. The van der Waals surface area contributed by atoms with E-state index in [0.29, 0.717) is 18.0 Å². The van der Waals surface area contributed by atoms with Crippen LogP contribution in [-0.4, -0.2) is 35.2 Å². The van der Waals surface area contributed by atoms with Gasteiger partial charge in [-0.05, 0) is 48.4 Å². The van der Waals surface area contributed by atoms with Crippen LogP contribution in [0.25, 0.3) is 0 Å². The molecule has 0 aliphatic carbocycles. The fourth-order valence-corrected chi connectivity index (χ4v) is 4.32. The Morgan fingerprint density at radius 1 is 1.16 bits per heavy atom. The van der Waals surface area contributed by atoms with Crippen LogP contribution >= 0.6 is 0 Å². The third kappa shape index (κ3) is 3.17. The van der Waals surface area contributed by atoms with Gasteiger partial charge in [0.25, 0.3) is 10.0 Å². The Morgan fingerprint density at radius 3 is 2.92 bits per heavy atom. The van der Waals surface area contributed by atoms with Gasteiger partial charge in [-0.15, -0.1) is 0 Å². The summed E-state index contributed by atoms with van der Waals surface area (Å²) in [6, 6.07) is 10.7. The van der Waals surface area contributed by atoms with Crippen LogP contribution in [0.1, 0.15) is 11.1 Å². The zero-order valence-electron chi connectivity index (χ0n) is 14.1. The van der Waals surface area contributed by atoms with Gasteiger partial charge in [0.1, 0.15) is 12.4 Å². The summed E-state index contributed by atoms with van der Waals surface area (Å²) >= 11 is 0. The van der Waals surface area contributed by atoms with E-state index in [9.17, 15) is 8.42 Å². The average molecular weight is 359 g/mol. The van der Waals surface area contributed by atoms with Gasteiger partial charge in [-0.2, -0.15) is 0 Å². The van der Waals surface area contributed by atoms with E-state index in [0.717, 1.165) is 31.7 Å². The predicted octanol–water partition coefficient (Wildman–Crippen LogP) is 1.96. The number of nitrogens with zero attached hydrogens (tertiary/aromatic N) is 1. The fourth-order valence-electron chi connectivity index (χ4n) is 3.26. The minimum atomic E-state index is -3.65. The lowest BCUT2D eigenvalue weighted by Gasteiger charge is -2.27. The summed E-state index contributed by atoms with van der Waals surface area (Å²) in [6.45, 7) is 3.09. The Kier molecular flexibility index (Phi) is 4.05. The van der Waals surface area contributed by atoms with Gasteiger partial charge < -0.3 is 15.0 Å². The van der Waals surface area contributed by atoms with Crippen molar-refractivity contribution in [2.45, 2.75) is 17.9 Å². The van der Waals surface area contributed by atoms with Crippen LogP contribution in [0.15, 0.2) is 41.3 Å². The number of hydrogen-bond acceptors (Lipinski definition) is 5. The topological polar surface area (TPSA) is 70.7 Å². The highest BCUT2D eigenvalue weighted by Crippen LogP contribution is 2.33. The van der Waals surface area contributed by atoms with Gasteiger partial charge in [0.2, 0.25) is 0 Å². The fraction of sp³-hybridized carbons (Fsp3) is 0.333. The largest absolute Gasteiger partial charge is 0.490 e. The van der Waals surface area contributed by atoms with Crippen LogP contribution in [0.3, 0.4) is 0 Å². The van der Waals surface area contributed by atoms with Crippen molar-refractivity contribution in [2.24, 2.45) is 0 Å². The molecule has 0 bridgehead atoms. The number of hydrogen-bond donors (Lipinski definition) is 2. The minimum absolute atomic E-state index is 0.209. The molecule has 2 N–H and O–H groups in total. The number of fused-ring (bicyclic) bond motifs is 2. The van der Waals surface area contributed by atoms with E-state index < -0.39 is 10.0 Å². The number of benzene rings is 2. The Balaban J connectivity index is 1.62. The van der Waals surface area contributed by atoms with Crippen LogP contribution in [-0.2, 0) is 23.0 Å². The Hall–Kier alpha value is -2.25. The summed E-state index contributed by atoms with van der Waals surface area (Å²) in [5.41, 5.74) is 3.91. The van der Waals surface area contributed by atoms with Crippen molar-refractivity contribution in [2.75, 3.05) is 36.4 Å². The third-order valence-corrected chi connectivity index (χ3v) is 6.06. The summed E-state index contributed by atoms with van der Waals surface area (Å²) in [4.78, 5) is 2.26. The van der Waals surface area contributed by atoms with Gasteiger partial charge in [-0.3, -0.25) is 4.72 Å². The van der Waals surface area contributed by atoms with Gasteiger partial charge in [-0.25, -0.2) is 8.42 Å². The SMILES string of the molecule is CN1CCOc2cc(S(=O)(=O)Nc3ccc4c(c3)CCNC4)ccc21. The molecule has 6 nitrogen and oxygen atoms in total. The van der Waals surface area contributed by atoms with Gasteiger partial charge in [0.15, 0.2) is 0 Å². The maximum absolute atomic E-state index is 12.7. The second-order valence-corrected chi connectivity index (χ2v) is 8.10. The number of rotatable bonds is 3. The van der Waals surface area contributed by atoms with Crippen molar-refractivity contribution < 1.29 is 13.2 Å². The Bertz CT molecular complexity index is 912. The second kappa shape index (κ2) is 6.24. The minimum Gasteiger partial charge on any atom is -0.490 e. The first-order valence-corrected chi connectivity index (χ1v) is 9.84. The Labute approximate surface area is 147 Å². The maximum Gasteiger partial charge on any atom is 0.262 e. The van der Waals surface area contributed by atoms with E-state index in [4.69, 9.17) is 4.74 Å². The van der Waals surface area contributed by atoms with Gasteiger partial charge in [0.05, 0.1) is 17.1 Å². The molecule has 0 amide bonds. The molecule has 7 heteroatoms. The number of ether oxygens (including phenoxy) is 1. The number of anilines is 2. The lowest BCUT2D eigenvalue weighted by molar-refractivity contribution is 0.310. The number of nitrogens with one attached hydrogen (secondary N) is 2. The molecule has 0 saturated carbocycles. The van der Waals surface area contributed by atoms with E-state index in [-0.39, 0.29) is 4.90 Å². The van der Waals surface area contributed by atoms with Crippen LogP contribution in [0.4, 0.5) is 11.4 Å². The van der Waals surface area contributed by atoms with Crippen molar-refractivity contribution in [3.8, 4) is 5.75 Å². The Morgan fingerprint density at radius 2 is 2.04 bits per heavy atom. The smallest absolute Gasteiger partial charge is 0.262 e. The summed E-state index contributed by atoms with van der Waals surface area (Å²) < 4.78 is 33.8. The second-order valence-electron chi connectivity index (χ2n) is 6.42. The molecular weight excluding hydrogens is 338 g/mol. The molecule has 0 unspecified atom stereocenters.